The maximum absolute atomic E-state index is 13.4. The first-order chi connectivity index (χ1) is 21.7. The summed E-state index contributed by atoms with van der Waals surface area (Å²) < 4.78 is 34.3. The molecule has 0 heterocycles. The fourth-order valence-electron chi connectivity index (χ4n) is 4.39. The van der Waals surface area contributed by atoms with Crippen LogP contribution in [0, 0.1) is 5.92 Å². The van der Waals surface area contributed by atoms with Gasteiger partial charge in [-0.15, -0.1) is 0 Å². The lowest BCUT2D eigenvalue weighted by Crippen LogP contribution is -2.46. The number of carbonyl (C=O) groups excluding carboxylic acids is 4. The molecule has 0 spiro atoms. The van der Waals surface area contributed by atoms with Crippen LogP contribution in [-0.4, -0.2) is 73.4 Å². The molecule has 0 radical (unpaired) electrons. The Labute approximate surface area is 270 Å². The number of alkyl carbamates (subject to hydrolysis) is 1. The molecule has 13 nitrogen and oxygen atoms in total. The van der Waals surface area contributed by atoms with Gasteiger partial charge in [0.05, 0.1) is 25.9 Å². The van der Waals surface area contributed by atoms with Gasteiger partial charge in [-0.3, -0.25) is 18.7 Å². The van der Waals surface area contributed by atoms with Gasteiger partial charge in [0, 0.05) is 13.1 Å². The van der Waals surface area contributed by atoms with Gasteiger partial charge in [0.25, 0.3) is 5.91 Å². The number of hydrogen-bond donors (Lipinski definition) is 4. The number of hydrogen-bond acceptors (Lipinski definition) is 9. The average molecular weight is 664 g/mol. The number of amides is 3. The van der Waals surface area contributed by atoms with E-state index in [1.54, 1.807) is 52.0 Å². The largest absolute Gasteiger partial charge is 0.467 e. The van der Waals surface area contributed by atoms with Crippen LogP contribution in [0.3, 0.4) is 0 Å². The molecular weight excluding hydrogens is 617 g/mol. The van der Waals surface area contributed by atoms with E-state index in [2.05, 4.69) is 16.0 Å². The van der Waals surface area contributed by atoms with Crippen LogP contribution in [0.25, 0.3) is 0 Å². The average Bonchev–Trinajstić information content (AvgIpc) is 3.00. The first-order valence-corrected chi connectivity index (χ1v) is 16.7. The van der Waals surface area contributed by atoms with Crippen molar-refractivity contribution in [3.8, 4) is 0 Å². The van der Waals surface area contributed by atoms with Gasteiger partial charge in [-0.1, -0.05) is 67.6 Å². The van der Waals surface area contributed by atoms with Crippen LogP contribution in [0.1, 0.15) is 57.7 Å². The normalized spacial score (nSPS) is 15.3. The second-order valence-corrected chi connectivity index (χ2v) is 13.6. The fourth-order valence-corrected chi connectivity index (χ4v) is 5.98. The molecule has 2 rings (SSSR count). The van der Waals surface area contributed by atoms with E-state index >= 15 is 0 Å². The fraction of sp³-hybridized carbons (Fsp3) is 0.500. The number of benzene rings is 2. The van der Waals surface area contributed by atoms with Gasteiger partial charge in [-0.2, -0.15) is 0 Å². The van der Waals surface area contributed by atoms with E-state index < -0.39 is 55.3 Å². The van der Waals surface area contributed by atoms with E-state index in [4.69, 9.17) is 18.7 Å². The summed E-state index contributed by atoms with van der Waals surface area (Å²) in [7, 11) is -3.20. The summed E-state index contributed by atoms with van der Waals surface area (Å²) in [6.07, 6.45) is -2.74. The van der Waals surface area contributed by atoms with E-state index in [1.807, 2.05) is 36.4 Å². The number of methoxy groups -OCH3 is 1. The Kier molecular flexibility index (Phi) is 15.9. The number of rotatable bonds is 19. The first kappa shape index (κ1) is 38.4. The second kappa shape index (κ2) is 19.0. The molecule has 5 atom stereocenters. The van der Waals surface area contributed by atoms with Crippen molar-refractivity contribution >= 4 is 32.0 Å². The number of esters is 1. The van der Waals surface area contributed by atoms with Crippen LogP contribution < -0.4 is 16.0 Å². The molecule has 254 valence electrons. The van der Waals surface area contributed by atoms with Crippen LogP contribution in [0.2, 0.25) is 0 Å². The van der Waals surface area contributed by atoms with Gasteiger partial charge < -0.3 is 35.1 Å². The highest BCUT2D eigenvalue weighted by Gasteiger charge is 2.34. The molecule has 0 fully saturated rings. The SMILES string of the molecule is COC(=O)C(CCCNC(=O)OC(C)(C)C)OP(=O)(O)CC(C)CNC(=O)C(OCc1ccccc1)C(NC=O)c1ccccc1. The van der Waals surface area contributed by atoms with E-state index in [0.29, 0.717) is 12.0 Å². The molecule has 0 aliphatic rings. The monoisotopic (exact) mass is 663 g/mol. The van der Waals surface area contributed by atoms with Crippen molar-refractivity contribution in [1.29, 1.82) is 0 Å². The molecule has 0 aliphatic heterocycles. The molecule has 0 saturated heterocycles. The van der Waals surface area contributed by atoms with Crippen LogP contribution in [-0.2, 0) is 44.3 Å². The predicted octanol–water partition coefficient (Wildman–Crippen LogP) is 3.86. The van der Waals surface area contributed by atoms with Crippen LogP contribution in [0.15, 0.2) is 60.7 Å². The van der Waals surface area contributed by atoms with E-state index in [1.165, 1.54) is 0 Å². The van der Waals surface area contributed by atoms with E-state index in [0.717, 1.165) is 12.7 Å². The van der Waals surface area contributed by atoms with Crippen molar-refractivity contribution in [2.75, 3.05) is 26.4 Å². The zero-order chi connectivity index (χ0) is 34.2. The van der Waals surface area contributed by atoms with Crippen molar-refractivity contribution in [2.45, 2.75) is 71.0 Å². The first-order valence-electron chi connectivity index (χ1n) is 15.0. The molecule has 0 aromatic heterocycles. The molecule has 2 aromatic carbocycles. The summed E-state index contributed by atoms with van der Waals surface area (Å²) in [5.41, 5.74) is 0.804. The number of ether oxygens (including phenoxy) is 3. The minimum Gasteiger partial charge on any atom is -0.467 e. The maximum Gasteiger partial charge on any atom is 0.407 e. The van der Waals surface area contributed by atoms with E-state index in [-0.39, 0.29) is 38.7 Å². The third-order valence-corrected chi connectivity index (χ3v) is 8.14. The standard InChI is InChI=1S/C32H46N3O10P/c1-23(21-46(40,41)45-26(30(38)42-5)17-12-18-33-31(39)44-32(2,3)4)19-34-29(37)28(43-20-24-13-8-6-9-14-24)27(35-22-36)25-15-10-7-11-16-25/h6-11,13-16,22-23,26-28H,12,17-21H2,1-5H3,(H,33,39)(H,34,37)(H,35,36)(H,40,41). The van der Waals surface area contributed by atoms with Gasteiger partial charge >= 0.3 is 19.7 Å². The zero-order valence-electron chi connectivity index (χ0n) is 27.0. The van der Waals surface area contributed by atoms with Crippen LogP contribution in [0.4, 0.5) is 4.79 Å². The van der Waals surface area contributed by atoms with Crippen LogP contribution >= 0.6 is 7.60 Å². The maximum atomic E-state index is 13.4. The molecule has 4 N–H and O–H groups in total. The van der Waals surface area contributed by atoms with Gasteiger partial charge in [0.15, 0.2) is 12.2 Å². The molecule has 46 heavy (non-hydrogen) atoms. The van der Waals surface area contributed by atoms with Crippen molar-refractivity contribution in [3.05, 3.63) is 71.8 Å². The highest BCUT2D eigenvalue weighted by molar-refractivity contribution is 7.52. The number of nitrogens with one attached hydrogen (secondary N) is 3. The van der Waals surface area contributed by atoms with Gasteiger partial charge in [-0.05, 0) is 50.7 Å². The summed E-state index contributed by atoms with van der Waals surface area (Å²) in [5.74, 6) is -1.93. The quantitative estimate of drug-likeness (QED) is 0.0747. The van der Waals surface area contributed by atoms with Crippen LogP contribution in [0.5, 0.6) is 0 Å². The molecule has 3 amide bonds. The lowest BCUT2D eigenvalue weighted by Gasteiger charge is -2.27. The molecule has 0 aliphatic carbocycles. The minimum atomic E-state index is -4.34. The highest BCUT2D eigenvalue weighted by Crippen LogP contribution is 2.45. The second-order valence-electron chi connectivity index (χ2n) is 11.7. The summed E-state index contributed by atoms with van der Waals surface area (Å²) in [6, 6.07) is 17.3. The molecular formula is C32H46N3O10P. The third kappa shape index (κ3) is 14.6. The van der Waals surface area contributed by atoms with Gasteiger partial charge in [0.2, 0.25) is 6.41 Å². The topological polar surface area (TPSA) is 179 Å². The smallest absolute Gasteiger partial charge is 0.407 e. The molecule has 2 aromatic rings. The predicted molar refractivity (Wildman–Crippen MR) is 171 cm³/mol. The van der Waals surface area contributed by atoms with Crippen molar-refractivity contribution in [2.24, 2.45) is 5.92 Å². The Balaban J connectivity index is 2.01. The Bertz CT molecular complexity index is 1290. The molecule has 14 heteroatoms. The summed E-state index contributed by atoms with van der Waals surface area (Å²) in [5, 5.41) is 7.98. The highest BCUT2D eigenvalue weighted by atomic mass is 31.2. The number of carbonyl (C=O) groups is 4. The summed E-state index contributed by atoms with van der Waals surface area (Å²) in [6.45, 7) is 7.03. The Morgan fingerprint density at radius 1 is 1.00 bits per heavy atom. The van der Waals surface area contributed by atoms with E-state index in [9.17, 15) is 28.6 Å². The molecule has 0 bridgehead atoms. The molecule has 5 unspecified atom stereocenters. The van der Waals surface area contributed by atoms with Crippen molar-refractivity contribution in [1.82, 2.24) is 16.0 Å². The minimum absolute atomic E-state index is 0.00315. The third-order valence-electron chi connectivity index (χ3n) is 6.47. The Morgan fingerprint density at radius 3 is 2.22 bits per heavy atom. The van der Waals surface area contributed by atoms with Gasteiger partial charge in [-0.25, -0.2) is 9.59 Å². The molecule has 0 saturated carbocycles. The van der Waals surface area contributed by atoms with Crippen molar-refractivity contribution < 1.29 is 47.4 Å². The lowest BCUT2D eigenvalue weighted by atomic mass is 10.0. The summed E-state index contributed by atoms with van der Waals surface area (Å²) in [4.78, 5) is 59.7. The Hall–Kier alpha value is -3.77. The van der Waals surface area contributed by atoms with Gasteiger partial charge in [0.1, 0.15) is 5.60 Å². The van der Waals surface area contributed by atoms with Crippen molar-refractivity contribution in [3.63, 3.8) is 0 Å². The lowest BCUT2D eigenvalue weighted by molar-refractivity contribution is -0.149. The summed E-state index contributed by atoms with van der Waals surface area (Å²) >= 11 is 0. The Morgan fingerprint density at radius 2 is 1.63 bits per heavy atom. The zero-order valence-corrected chi connectivity index (χ0v) is 27.9.